The molecule has 5 heteroatoms. The predicted octanol–water partition coefficient (Wildman–Crippen LogP) is 2.27. The highest BCUT2D eigenvalue weighted by molar-refractivity contribution is 5.79. The summed E-state index contributed by atoms with van der Waals surface area (Å²) >= 11 is 0. The van der Waals surface area contributed by atoms with Gasteiger partial charge in [-0.15, -0.1) is 0 Å². The monoisotopic (exact) mass is 252 g/mol. The Kier molecular flexibility index (Phi) is 5.25. The van der Waals surface area contributed by atoms with E-state index in [1.54, 1.807) is 0 Å². The van der Waals surface area contributed by atoms with Crippen molar-refractivity contribution in [3.8, 4) is 6.07 Å². The van der Waals surface area contributed by atoms with E-state index in [9.17, 15) is 13.6 Å². The fraction of sp³-hybridized carbons (Fsp3) is 0.385. The van der Waals surface area contributed by atoms with E-state index >= 15 is 0 Å². The molecule has 0 fully saturated rings. The van der Waals surface area contributed by atoms with E-state index in [1.165, 1.54) is 17.0 Å². The smallest absolute Gasteiger partial charge is 0.227 e. The van der Waals surface area contributed by atoms with E-state index in [-0.39, 0.29) is 24.4 Å². The lowest BCUT2D eigenvalue weighted by atomic mass is 10.1. The van der Waals surface area contributed by atoms with E-state index in [1.807, 2.05) is 13.0 Å². The van der Waals surface area contributed by atoms with Gasteiger partial charge in [-0.1, -0.05) is 19.1 Å². The molecule has 0 saturated carbocycles. The van der Waals surface area contributed by atoms with Crippen molar-refractivity contribution in [1.29, 1.82) is 5.26 Å². The summed E-state index contributed by atoms with van der Waals surface area (Å²) in [7, 11) is 0. The summed E-state index contributed by atoms with van der Waals surface area (Å²) in [5.41, 5.74) is 0.0130. The van der Waals surface area contributed by atoms with Crippen LogP contribution in [0.25, 0.3) is 0 Å². The van der Waals surface area contributed by atoms with Gasteiger partial charge < -0.3 is 4.90 Å². The van der Waals surface area contributed by atoms with E-state index < -0.39 is 11.6 Å². The van der Waals surface area contributed by atoms with Crippen LogP contribution >= 0.6 is 0 Å². The minimum Gasteiger partial charge on any atom is -0.329 e. The molecule has 0 aliphatic heterocycles. The summed E-state index contributed by atoms with van der Waals surface area (Å²) < 4.78 is 26.4. The molecule has 3 nitrogen and oxygen atoms in total. The second-order valence-corrected chi connectivity index (χ2v) is 3.86. The Morgan fingerprint density at radius 2 is 2.17 bits per heavy atom. The normalized spacial score (nSPS) is 9.89. The van der Waals surface area contributed by atoms with Crippen LogP contribution in [-0.4, -0.2) is 23.9 Å². The molecule has 18 heavy (non-hydrogen) atoms. The van der Waals surface area contributed by atoms with Crippen molar-refractivity contribution in [1.82, 2.24) is 4.90 Å². The summed E-state index contributed by atoms with van der Waals surface area (Å²) in [6.07, 6.45) is 0.477. The molecule has 1 amide bonds. The quantitative estimate of drug-likeness (QED) is 0.754. The van der Waals surface area contributed by atoms with Crippen LogP contribution in [0.15, 0.2) is 18.2 Å². The number of nitriles is 1. The molecule has 1 aromatic carbocycles. The molecule has 96 valence electrons. The molecule has 0 heterocycles. The van der Waals surface area contributed by atoms with Crippen molar-refractivity contribution in [2.24, 2.45) is 0 Å². The first-order valence-corrected chi connectivity index (χ1v) is 5.67. The van der Waals surface area contributed by atoms with E-state index in [2.05, 4.69) is 0 Å². The third-order valence-electron chi connectivity index (χ3n) is 2.48. The maximum atomic E-state index is 13.4. The van der Waals surface area contributed by atoms with Gasteiger partial charge in [0.15, 0.2) is 11.6 Å². The van der Waals surface area contributed by atoms with Crippen LogP contribution in [0.1, 0.15) is 18.9 Å². The first kappa shape index (κ1) is 14.1. The zero-order valence-electron chi connectivity index (χ0n) is 10.1. The van der Waals surface area contributed by atoms with E-state index in [4.69, 9.17) is 5.26 Å². The van der Waals surface area contributed by atoms with Gasteiger partial charge in [0.05, 0.1) is 12.5 Å². The Morgan fingerprint density at radius 3 is 2.78 bits per heavy atom. The zero-order valence-corrected chi connectivity index (χ0v) is 10.1. The first-order valence-electron chi connectivity index (χ1n) is 5.67. The maximum absolute atomic E-state index is 13.4. The largest absolute Gasteiger partial charge is 0.329 e. The van der Waals surface area contributed by atoms with Gasteiger partial charge in [0.2, 0.25) is 5.91 Å². The Bertz CT molecular complexity index is 469. The van der Waals surface area contributed by atoms with Crippen molar-refractivity contribution in [2.45, 2.75) is 19.8 Å². The molecule has 0 N–H and O–H groups in total. The van der Waals surface area contributed by atoms with Crippen molar-refractivity contribution >= 4 is 5.91 Å². The SMILES string of the molecule is CCCN(CC#N)C(=O)Cc1cccc(F)c1F. The second kappa shape index (κ2) is 6.70. The molecule has 0 saturated heterocycles. The minimum absolute atomic E-state index is 0.0130. The van der Waals surface area contributed by atoms with Gasteiger partial charge in [-0.3, -0.25) is 4.79 Å². The fourth-order valence-electron chi connectivity index (χ4n) is 1.61. The molecule has 0 unspecified atom stereocenters. The Balaban J connectivity index is 2.79. The lowest BCUT2D eigenvalue weighted by Crippen LogP contribution is -2.33. The van der Waals surface area contributed by atoms with Gasteiger partial charge in [0.25, 0.3) is 0 Å². The molecule has 1 rings (SSSR count). The number of amides is 1. The number of hydrogen-bond acceptors (Lipinski definition) is 2. The van der Waals surface area contributed by atoms with Crippen LogP contribution in [-0.2, 0) is 11.2 Å². The molecule has 0 aromatic heterocycles. The Labute approximate surface area is 105 Å². The summed E-state index contributed by atoms with van der Waals surface area (Å²) in [5, 5.41) is 8.60. The summed E-state index contributed by atoms with van der Waals surface area (Å²) in [6.45, 7) is 2.27. The van der Waals surface area contributed by atoms with Crippen molar-refractivity contribution in [2.75, 3.05) is 13.1 Å². The van der Waals surface area contributed by atoms with Crippen LogP contribution in [0.4, 0.5) is 8.78 Å². The number of halogens is 2. The Hall–Kier alpha value is -1.96. The third-order valence-corrected chi connectivity index (χ3v) is 2.48. The predicted molar refractivity (Wildman–Crippen MR) is 62.5 cm³/mol. The average Bonchev–Trinajstić information content (AvgIpc) is 2.34. The van der Waals surface area contributed by atoms with E-state index in [0.717, 1.165) is 6.07 Å². The molecule has 0 aliphatic carbocycles. The lowest BCUT2D eigenvalue weighted by Gasteiger charge is -2.18. The second-order valence-electron chi connectivity index (χ2n) is 3.86. The maximum Gasteiger partial charge on any atom is 0.227 e. The molecular formula is C13H14F2N2O. The van der Waals surface area contributed by atoms with Gasteiger partial charge in [-0.05, 0) is 12.5 Å². The van der Waals surface area contributed by atoms with Crippen molar-refractivity contribution < 1.29 is 13.6 Å². The number of carbonyl (C=O) groups excluding carboxylic acids is 1. The number of carbonyl (C=O) groups is 1. The highest BCUT2D eigenvalue weighted by Gasteiger charge is 2.16. The molecule has 0 bridgehead atoms. The first-order chi connectivity index (χ1) is 8.60. The molecule has 0 spiro atoms. The van der Waals surface area contributed by atoms with Gasteiger partial charge in [0.1, 0.15) is 6.54 Å². The highest BCUT2D eigenvalue weighted by atomic mass is 19.2. The number of hydrogen-bond donors (Lipinski definition) is 0. The number of rotatable bonds is 5. The molecule has 0 atom stereocenters. The van der Waals surface area contributed by atoms with E-state index in [0.29, 0.717) is 13.0 Å². The van der Waals surface area contributed by atoms with Gasteiger partial charge in [0, 0.05) is 12.1 Å². The van der Waals surface area contributed by atoms with Crippen LogP contribution in [0, 0.1) is 23.0 Å². The highest BCUT2D eigenvalue weighted by Crippen LogP contribution is 2.13. The number of nitrogens with zero attached hydrogens (tertiary/aromatic N) is 2. The van der Waals surface area contributed by atoms with Crippen molar-refractivity contribution in [3.63, 3.8) is 0 Å². The van der Waals surface area contributed by atoms with Gasteiger partial charge in [-0.2, -0.15) is 5.26 Å². The standard InChI is InChI=1S/C13H14F2N2O/c1-2-7-17(8-6-16)12(18)9-10-4-3-5-11(14)13(10)15/h3-5H,2,7-9H2,1H3. The minimum atomic E-state index is -1.00. The fourth-order valence-corrected chi connectivity index (χ4v) is 1.61. The molecular weight excluding hydrogens is 238 g/mol. The molecule has 1 aromatic rings. The molecule has 0 radical (unpaired) electrons. The topological polar surface area (TPSA) is 44.1 Å². The van der Waals surface area contributed by atoms with Gasteiger partial charge in [-0.25, -0.2) is 8.78 Å². The third kappa shape index (κ3) is 3.52. The summed E-state index contributed by atoms with van der Waals surface area (Å²) in [4.78, 5) is 13.2. The summed E-state index contributed by atoms with van der Waals surface area (Å²) in [6, 6.07) is 5.61. The zero-order chi connectivity index (χ0) is 13.5. The number of benzene rings is 1. The molecule has 0 aliphatic rings. The van der Waals surface area contributed by atoms with Crippen LogP contribution in [0.3, 0.4) is 0 Å². The van der Waals surface area contributed by atoms with Gasteiger partial charge >= 0.3 is 0 Å². The summed E-state index contributed by atoms with van der Waals surface area (Å²) in [5.74, 6) is -2.34. The van der Waals surface area contributed by atoms with Crippen LogP contribution in [0.2, 0.25) is 0 Å². The lowest BCUT2D eigenvalue weighted by molar-refractivity contribution is -0.129. The van der Waals surface area contributed by atoms with Crippen molar-refractivity contribution in [3.05, 3.63) is 35.4 Å². The average molecular weight is 252 g/mol. The Morgan fingerprint density at radius 1 is 1.44 bits per heavy atom. The van der Waals surface area contributed by atoms with Crippen LogP contribution < -0.4 is 0 Å². The van der Waals surface area contributed by atoms with Crippen LogP contribution in [0.5, 0.6) is 0 Å².